The minimum atomic E-state index is -0.319. The van der Waals surface area contributed by atoms with Crippen LogP contribution in [-0.2, 0) is 11.3 Å². The van der Waals surface area contributed by atoms with Crippen LogP contribution in [0.25, 0.3) is 0 Å². The van der Waals surface area contributed by atoms with E-state index in [9.17, 15) is 4.79 Å². The van der Waals surface area contributed by atoms with Gasteiger partial charge in [0.25, 0.3) is 0 Å². The van der Waals surface area contributed by atoms with Crippen molar-refractivity contribution in [3.63, 3.8) is 0 Å². The summed E-state index contributed by atoms with van der Waals surface area (Å²) in [6.07, 6.45) is 0. The van der Waals surface area contributed by atoms with Crippen LogP contribution >= 0.6 is 11.3 Å². The molecule has 0 saturated carbocycles. The summed E-state index contributed by atoms with van der Waals surface area (Å²) in [6, 6.07) is 2.01. The molecule has 3 N–H and O–H groups in total. The minimum absolute atomic E-state index is 0.246. The highest BCUT2D eigenvalue weighted by Gasteiger charge is 1.94. The lowest BCUT2D eigenvalue weighted by Crippen LogP contribution is -2.27. The van der Waals surface area contributed by atoms with Crippen LogP contribution in [0.4, 0.5) is 0 Å². The van der Waals surface area contributed by atoms with Gasteiger partial charge < -0.3 is 11.1 Å². The molecule has 0 aliphatic carbocycles. The van der Waals surface area contributed by atoms with Gasteiger partial charge in [0.15, 0.2) is 0 Å². The molecule has 3 nitrogen and oxygen atoms in total. The number of hydrogen-bond donors (Lipinski definition) is 2. The predicted molar refractivity (Wildman–Crippen MR) is 45.2 cm³/mol. The number of thiophene rings is 1. The molecule has 0 atom stereocenters. The van der Waals surface area contributed by atoms with E-state index in [4.69, 9.17) is 5.73 Å². The number of carbonyl (C=O) groups excluding carboxylic acids is 1. The molecule has 1 aromatic heterocycles. The van der Waals surface area contributed by atoms with E-state index in [-0.39, 0.29) is 12.5 Å². The van der Waals surface area contributed by atoms with Crippen molar-refractivity contribution in [1.29, 1.82) is 0 Å². The fourth-order valence-corrected chi connectivity index (χ4v) is 1.39. The molecule has 1 heterocycles. The van der Waals surface area contributed by atoms with Gasteiger partial charge in [-0.2, -0.15) is 11.3 Å². The van der Waals surface area contributed by atoms with Crippen LogP contribution in [0.5, 0.6) is 0 Å². The molecule has 0 spiro atoms. The van der Waals surface area contributed by atoms with Crippen LogP contribution in [0, 0.1) is 0 Å². The first-order valence-electron chi connectivity index (χ1n) is 3.29. The number of amides is 1. The Labute approximate surface area is 69.2 Å². The fraction of sp³-hybridized carbons (Fsp3) is 0.286. The lowest BCUT2D eigenvalue weighted by Gasteiger charge is -1.97. The van der Waals surface area contributed by atoms with Crippen LogP contribution in [0.1, 0.15) is 5.56 Å². The zero-order valence-electron chi connectivity index (χ0n) is 6.04. The Kier molecular flexibility index (Phi) is 3.07. The highest BCUT2D eigenvalue weighted by Crippen LogP contribution is 2.04. The van der Waals surface area contributed by atoms with Crippen molar-refractivity contribution in [2.24, 2.45) is 5.73 Å². The average Bonchev–Trinajstić information content (AvgIpc) is 2.39. The third-order valence-electron chi connectivity index (χ3n) is 1.21. The summed E-state index contributed by atoms with van der Waals surface area (Å²) in [5.41, 5.74) is 6.12. The standard InChI is InChI=1S/C7H10N2OS/c8-7(10)4-9-3-6-1-2-11-5-6/h1-2,5,9H,3-4H2,(H2,8,10). The van der Waals surface area contributed by atoms with Gasteiger partial charge in [0.2, 0.25) is 5.91 Å². The van der Waals surface area contributed by atoms with Gasteiger partial charge in [-0.3, -0.25) is 4.79 Å². The zero-order chi connectivity index (χ0) is 8.10. The average molecular weight is 170 g/mol. The van der Waals surface area contributed by atoms with Crippen molar-refractivity contribution >= 4 is 17.2 Å². The Balaban J connectivity index is 2.19. The quantitative estimate of drug-likeness (QED) is 0.684. The maximum atomic E-state index is 10.3. The van der Waals surface area contributed by atoms with E-state index in [1.807, 2.05) is 16.8 Å². The normalized spacial score (nSPS) is 9.82. The third kappa shape index (κ3) is 3.15. The number of rotatable bonds is 4. The Hall–Kier alpha value is -0.870. The first-order valence-corrected chi connectivity index (χ1v) is 4.23. The zero-order valence-corrected chi connectivity index (χ0v) is 6.86. The van der Waals surface area contributed by atoms with Crippen molar-refractivity contribution in [1.82, 2.24) is 5.32 Å². The van der Waals surface area contributed by atoms with E-state index in [1.54, 1.807) is 11.3 Å². The lowest BCUT2D eigenvalue weighted by molar-refractivity contribution is -0.117. The molecule has 0 aliphatic heterocycles. The number of hydrogen-bond acceptors (Lipinski definition) is 3. The second-order valence-electron chi connectivity index (χ2n) is 2.20. The molecule has 1 rings (SSSR count). The Morgan fingerprint density at radius 1 is 1.73 bits per heavy atom. The van der Waals surface area contributed by atoms with Crippen molar-refractivity contribution in [2.75, 3.05) is 6.54 Å². The van der Waals surface area contributed by atoms with Crippen LogP contribution < -0.4 is 11.1 Å². The van der Waals surface area contributed by atoms with Gasteiger partial charge in [-0.25, -0.2) is 0 Å². The van der Waals surface area contributed by atoms with E-state index in [2.05, 4.69) is 5.32 Å². The molecule has 0 unspecified atom stereocenters. The summed E-state index contributed by atoms with van der Waals surface area (Å²) < 4.78 is 0. The smallest absolute Gasteiger partial charge is 0.231 e. The molecule has 60 valence electrons. The SMILES string of the molecule is NC(=O)CNCc1ccsc1. The Morgan fingerprint density at radius 2 is 2.55 bits per heavy atom. The van der Waals surface area contributed by atoms with Gasteiger partial charge >= 0.3 is 0 Å². The van der Waals surface area contributed by atoms with Crippen LogP contribution in [0.3, 0.4) is 0 Å². The summed E-state index contributed by atoms with van der Waals surface area (Å²) in [5.74, 6) is -0.319. The minimum Gasteiger partial charge on any atom is -0.369 e. The summed E-state index contributed by atoms with van der Waals surface area (Å²) in [4.78, 5) is 10.3. The van der Waals surface area contributed by atoms with E-state index in [0.717, 1.165) is 0 Å². The van der Waals surface area contributed by atoms with Crippen LogP contribution in [0.2, 0.25) is 0 Å². The monoisotopic (exact) mass is 170 g/mol. The highest BCUT2D eigenvalue weighted by molar-refractivity contribution is 7.07. The van der Waals surface area contributed by atoms with E-state index in [0.29, 0.717) is 6.54 Å². The van der Waals surface area contributed by atoms with E-state index < -0.39 is 0 Å². The predicted octanol–water partition coefficient (Wildman–Crippen LogP) is 0.323. The molecule has 0 saturated heterocycles. The van der Waals surface area contributed by atoms with Crippen molar-refractivity contribution < 1.29 is 4.79 Å². The number of carbonyl (C=O) groups is 1. The Bertz CT molecular complexity index is 220. The molecule has 0 aliphatic rings. The van der Waals surface area contributed by atoms with E-state index >= 15 is 0 Å². The van der Waals surface area contributed by atoms with Gasteiger partial charge in [0.1, 0.15) is 0 Å². The molecule has 0 bridgehead atoms. The van der Waals surface area contributed by atoms with Gasteiger partial charge in [0.05, 0.1) is 6.54 Å². The fourth-order valence-electron chi connectivity index (χ4n) is 0.723. The first-order chi connectivity index (χ1) is 5.29. The molecule has 1 aromatic rings. The summed E-state index contributed by atoms with van der Waals surface area (Å²) in [7, 11) is 0. The second-order valence-corrected chi connectivity index (χ2v) is 2.98. The van der Waals surface area contributed by atoms with Crippen LogP contribution in [0.15, 0.2) is 16.8 Å². The molecular formula is C7H10N2OS. The molecule has 0 radical (unpaired) electrons. The van der Waals surface area contributed by atoms with Crippen molar-refractivity contribution in [2.45, 2.75) is 6.54 Å². The van der Waals surface area contributed by atoms with Crippen molar-refractivity contribution in [3.05, 3.63) is 22.4 Å². The van der Waals surface area contributed by atoms with Gasteiger partial charge in [-0.05, 0) is 22.4 Å². The maximum Gasteiger partial charge on any atom is 0.231 e. The number of primary amides is 1. The molecule has 0 fully saturated rings. The maximum absolute atomic E-state index is 10.3. The molecule has 0 aromatic carbocycles. The van der Waals surface area contributed by atoms with Gasteiger partial charge in [0, 0.05) is 6.54 Å². The summed E-state index contributed by atoms with van der Waals surface area (Å²) in [5, 5.41) is 6.96. The van der Waals surface area contributed by atoms with Gasteiger partial charge in [-0.15, -0.1) is 0 Å². The topological polar surface area (TPSA) is 55.1 Å². The second kappa shape index (κ2) is 4.10. The molecule has 11 heavy (non-hydrogen) atoms. The largest absolute Gasteiger partial charge is 0.369 e. The highest BCUT2D eigenvalue weighted by atomic mass is 32.1. The lowest BCUT2D eigenvalue weighted by atomic mass is 10.3. The third-order valence-corrected chi connectivity index (χ3v) is 1.94. The molecule has 4 heteroatoms. The Morgan fingerprint density at radius 3 is 3.09 bits per heavy atom. The van der Waals surface area contributed by atoms with Gasteiger partial charge in [-0.1, -0.05) is 0 Å². The van der Waals surface area contributed by atoms with E-state index in [1.165, 1.54) is 5.56 Å². The first kappa shape index (κ1) is 8.23. The number of nitrogens with two attached hydrogens (primary N) is 1. The molecule has 1 amide bonds. The number of nitrogens with one attached hydrogen (secondary N) is 1. The van der Waals surface area contributed by atoms with Crippen molar-refractivity contribution in [3.8, 4) is 0 Å². The van der Waals surface area contributed by atoms with Crippen LogP contribution in [-0.4, -0.2) is 12.5 Å². The molecular weight excluding hydrogens is 160 g/mol. The summed E-state index contributed by atoms with van der Waals surface area (Å²) >= 11 is 1.64. The summed E-state index contributed by atoms with van der Waals surface area (Å²) in [6.45, 7) is 0.961.